The molecule has 0 amide bonds. The normalized spacial score (nSPS) is 32.6. The predicted octanol–water partition coefficient (Wildman–Crippen LogP) is 5.40. The van der Waals surface area contributed by atoms with Crippen LogP contribution in [-0.2, 0) is 0 Å². The van der Waals surface area contributed by atoms with E-state index in [4.69, 9.17) is 0 Å². The molecule has 0 aromatic heterocycles. The van der Waals surface area contributed by atoms with Crippen molar-refractivity contribution < 1.29 is 0 Å². The molecule has 1 aliphatic rings. The van der Waals surface area contributed by atoms with E-state index in [0.29, 0.717) is 0 Å². The van der Waals surface area contributed by atoms with Gasteiger partial charge in [0.05, 0.1) is 0 Å². The molecule has 2 rings (SSSR count). The van der Waals surface area contributed by atoms with Crippen LogP contribution in [0, 0.1) is 38.5 Å². The van der Waals surface area contributed by atoms with Crippen LogP contribution in [0.15, 0.2) is 12.1 Å². The summed E-state index contributed by atoms with van der Waals surface area (Å²) >= 11 is 0. The van der Waals surface area contributed by atoms with Gasteiger partial charge in [0.15, 0.2) is 0 Å². The van der Waals surface area contributed by atoms with E-state index < -0.39 is 0 Å². The first-order valence-corrected chi connectivity index (χ1v) is 7.48. The average Bonchev–Trinajstić information content (AvgIpc) is 2.31. The van der Waals surface area contributed by atoms with Crippen molar-refractivity contribution in [1.82, 2.24) is 0 Å². The summed E-state index contributed by atoms with van der Waals surface area (Å²) in [7, 11) is 0. The molecule has 0 bridgehead atoms. The van der Waals surface area contributed by atoms with E-state index in [1.807, 2.05) is 0 Å². The second kappa shape index (κ2) is 5.07. The van der Waals surface area contributed by atoms with E-state index in [2.05, 4.69) is 53.7 Å². The monoisotopic (exact) mass is 244 g/mol. The lowest BCUT2D eigenvalue weighted by molar-refractivity contribution is 0.175. The van der Waals surface area contributed by atoms with Crippen LogP contribution in [-0.4, -0.2) is 0 Å². The summed E-state index contributed by atoms with van der Waals surface area (Å²) in [6.07, 6.45) is 2.74. The van der Waals surface area contributed by atoms with E-state index in [-0.39, 0.29) is 0 Å². The van der Waals surface area contributed by atoms with E-state index in [0.717, 1.165) is 23.7 Å². The molecule has 2 unspecified atom stereocenters. The van der Waals surface area contributed by atoms with Crippen molar-refractivity contribution in [3.63, 3.8) is 0 Å². The maximum Gasteiger partial charge on any atom is -0.0156 e. The summed E-state index contributed by atoms with van der Waals surface area (Å²) in [6.45, 7) is 14.0. The summed E-state index contributed by atoms with van der Waals surface area (Å²) in [5.41, 5.74) is 5.97. The Balaban J connectivity index is 2.27. The third-order valence-corrected chi connectivity index (χ3v) is 5.53. The fraction of sp³-hybridized carbons (Fsp3) is 0.667. The van der Waals surface area contributed by atoms with Gasteiger partial charge in [-0.15, -0.1) is 0 Å². The third kappa shape index (κ3) is 2.48. The largest absolute Gasteiger partial charge is 0.0622 e. The van der Waals surface area contributed by atoms with Crippen molar-refractivity contribution in [1.29, 1.82) is 0 Å². The topological polar surface area (TPSA) is 0 Å². The van der Waals surface area contributed by atoms with Crippen LogP contribution < -0.4 is 0 Å². The molecule has 1 fully saturated rings. The van der Waals surface area contributed by atoms with Crippen molar-refractivity contribution in [2.75, 3.05) is 0 Å². The maximum absolute atomic E-state index is 2.43. The van der Waals surface area contributed by atoms with Gasteiger partial charge < -0.3 is 0 Å². The van der Waals surface area contributed by atoms with Gasteiger partial charge in [-0.2, -0.15) is 0 Å². The van der Waals surface area contributed by atoms with Gasteiger partial charge in [0.1, 0.15) is 0 Å². The Labute approximate surface area is 113 Å². The van der Waals surface area contributed by atoms with Gasteiger partial charge in [-0.05, 0) is 79.5 Å². The van der Waals surface area contributed by atoms with Gasteiger partial charge in [0.2, 0.25) is 0 Å². The average molecular weight is 244 g/mol. The Hall–Kier alpha value is -0.780. The molecule has 2 atom stereocenters. The molecule has 0 radical (unpaired) electrons. The zero-order chi connectivity index (χ0) is 13.4. The van der Waals surface area contributed by atoms with Crippen LogP contribution in [0.25, 0.3) is 0 Å². The molecule has 1 aromatic carbocycles. The van der Waals surface area contributed by atoms with Crippen LogP contribution >= 0.6 is 0 Å². The highest BCUT2D eigenvalue weighted by molar-refractivity contribution is 5.38. The minimum Gasteiger partial charge on any atom is -0.0622 e. The van der Waals surface area contributed by atoms with Crippen molar-refractivity contribution in [3.05, 3.63) is 34.4 Å². The molecule has 1 saturated carbocycles. The molecule has 0 saturated heterocycles. The lowest BCUT2D eigenvalue weighted by Crippen LogP contribution is -2.26. The first kappa shape index (κ1) is 13.6. The molecule has 0 heteroatoms. The third-order valence-electron chi connectivity index (χ3n) is 5.53. The zero-order valence-corrected chi connectivity index (χ0v) is 12.9. The minimum atomic E-state index is 0.782. The minimum absolute atomic E-state index is 0.782. The molecule has 100 valence electrons. The van der Waals surface area contributed by atoms with E-state index in [9.17, 15) is 0 Å². The number of hydrogen-bond acceptors (Lipinski definition) is 0. The molecule has 1 aromatic rings. The van der Waals surface area contributed by atoms with E-state index in [1.165, 1.54) is 29.5 Å². The summed E-state index contributed by atoms with van der Waals surface area (Å²) in [6, 6.07) is 4.87. The molecule has 1 aliphatic carbocycles. The van der Waals surface area contributed by atoms with Crippen molar-refractivity contribution >= 4 is 0 Å². The van der Waals surface area contributed by atoms with Crippen LogP contribution in [0.3, 0.4) is 0 Å². The number of aryl methyl sites for hydroxylation is 2. The van der Waals surface area contributed by atoms with E-state index in [1.54, 1.807) is 5.56 Å². The highest BCUT2D eigenvalue weighted by Crippen LogP contribution is 2.43. The Morgan fingerprint density at radius 1 is 0.833 bits per heavy atom. The quantitative estimate of drug-likeness (QED) is 0.620. The Bertz CT molecular complexity index is 395. The van der Waals surface area contributed by atoms with Gasteiger partial charge >= 0.3 is 0 Å². The summed E-state index contributed by atoms with van der Waals surface area (Å²) < 4.78 is 0. The first-order valence-electron chi connectivity index (χ1n) is 7.48. The van der Waals surface area contributed by atoms with Crippen LogP contribution in [0.5, 0.6) is 0 Å². The zero-order valence-electron chi connectivity index (χ0n) is 12.9. The first-order chi connectivity index (χ1) is 8.40. The SMILES string of the molecule is Cc1cc(C2CC(C)C(C)C(C)C2)cc(C)c1C. The highest BCUT2D eigenvalue weighted by atomic mass is 14.4. The van der Waals surface area contributed by atoms with Gasteiger partial charge in [0.25, 0.3) is 0 Å². The molecule has 0 heterocycles. The Morgan fingerprint density at radius 3 is 1.72 bits per heavy atom. The van der Waals surface area contributed by atoms with Crippen LogP contribution in [0.4, 0.5) is 0 Å². The van der Waals surface area contributed by atoms with Crippen molar-refractivity contribution in [3.8, 4) is 0 Å². The molecule has 0 aliphatic heterocycles. The van der Waals surface area contributed by atoms with Gasteiger partial charge in [-0.1, -0.05) is 32.9 Å². The van der Waals surface area contributed by atoms with Gasteiger partial charge in [-0.25, -0.2) is 0 Å². The van der Waals surface area contributed by atoms with Crippen LogP contribution in [0.1, 0.15) is 61.8 Å². The van der Waals surface area contributed by atoms with Crippen LogP contribution in [0.2, 0.25) is 0 Å². The number of hydrogen-bond donors (Lipinski definition) is 0. The molecule has 0 nitrogen and oxygen atoms in total. The highest BCUT2D eigenvalue weighted by Gasteiger charge is 2.30. The molecule has 0 spiro atoms. The number of rotatable bonds is 1. The molecular weight excluding hydrogens is 216 g/mol. The summed E-state index contributed by atoms with van der Waals surface area (Å²) in [4.78, 5) is 0. The fourth-order valence-corrected chi connectivity index (χ4v) is 3.56. The second-order valence-corrected chi connectivity index (χ2v) is 6.76. The summed E-state index contributed by atoms with van der Waals surface area (Å²) in [5.74, 6) is 3.39. The molecule has 0 N–H and O–H groups in total. The van der Waals surface area contributed by atoms with Crippen molar-refractivity contribution in [2.24, 2.45) is 17.8 Å². The molecule has 18 heavy (non-hydrogen) atoms. The standard InChI is InChI=1S/C18H28/c1-11-7-17(8-12(2)15(11)5)18-9-13(3)16(6)14(4)10-18/h7-8,13-14,16,18H,9-10H2,1-6H3. The lowest BCUT2D eigenvalue weighted by Gasteiger charge is -2.37. The smallest absolute Gasteiger partial charge is 0.0156 e. The predicted molar refractivity (Wildman–Crippen MR) is 80.1 cm³/mol. The van der Waals surface area contributed by atoms with Crippen molar-refractivity contribution in [2.45, 2.75) is 60.3 Å². The van der Waals surface area contributed by atoms with E-state index >= 15 is 0 Å². The maximum atomic E-state index is 2.43. The second-order valence-electron chi connectivity index (χ2n) is 6.76. The molecular formula is C18H28. The number of benzene rings is 1. The van der Waals surface area contributed by atoms with Gasteiger partial charge in [0, 0.05) is 0 Å². The van der Waals surface area contributed by atoms with Gasteiger partial charge in [-0.3, -0.25) is 0 Å². The Kier molecular flexibility index (Phi) is 3.84. The lowest BCUT2D eigenvalue weighted by atomic mass is 9.68. The Morgan fingerprint density at radius 2 is 1.28 bits per heavy atom. The summed E-state index contributed by atoms with van der Waals surface area (Å²) in [5, 5.41) is 0. The fourth-order valence-electron chi connectivity index (χ4n) is 3.56.